The molecule has 0 radical (unpaired) electrons. The number of hydrogen-bond acceptors (Lipinski definition) is 3. The zero-order valence-electron chi connectivity index (χ0n) is 11.7. The van der Waals surface area contributed by atoms with E-state index in [1.165, 1.54) is 18.2 Å². The van der Waals surface area contributed by atoms with Crippen molar-refractivity contribution in [1.82, 2.24) is 0 Å². The van der Waals surface area contributed by atoms with Crippen LogP contribution in [-0.4, -0.2) is 19.4 Å². The van der Waals surface area contributed by atoms with E-state index in [-0.39, 0.29) is 5.56 Å². The van der Waals surface area contributed by atoms with Gasteiger partial charge in [-0.25, -0.2) is 0 Å². The molecule has 0 aliphatic rings. The second kappa shape index (κ2) is 7.38. The van der Waals surface area contributed by atoms with Crippen LogP contribution in [0, 0.1) is 0 Å². The van der Waals surface area contributed by atoms with E-state index in [9.17, 15) is 13.2 Å². The molecule has 0 bridgehead atoms. The maximum absolute atomic E-state index is 12.6. The predicted molar refractivity (Wildman–Crippen MR) is 71.0 cm³/mol. The summed E-state index contributed by atoms with van der Waals surface area (Å²) < 4.78 is 48.6. The highest BCUT2D eigenvalue weighted by atomic mass is 19.4. The van der Waals surface area contributed by atoms with E-state index in [4.69, 9.17) is 15.2 Å². The van der Waals surface area contributed by atoms with Crippen molar-refractivity contribution in [3.8, 4) is 11.5 Å². The lowest BCUT2D eigenvalue weighted by molar-refractivity contribution is -0.149. The van der Waals surface area contributed by atoms with E-state index in [2.05, 4.69) is 0 Å². The molecule has 1 atom stereocenters. The third kappa shape index (κ3) is 4.59. The maximum Gasteiger partial charge on any atom is 0.407 e. The van der Waals surface area contributed by atoms with Crippen LogP contribution >= 0.6 is 0 Å². The largest absolute Gasteiger partial charge is 0.490 e. The van der Waals surface area contributed by atoms with Crippen molar-refractivity contribution in [2.75, 3.05) is 13.2 Å². The molecule has 0 fully saturated rings. The molecule has 20 heavy (non-hydrogen) atoms. The fraction of sp³-hybridized carbons (Fsp3) is 0.571. The zero-order chi connectivity index (χ0) is 15.2. The van der Waals surface area contributed by atoms with Gasteiger partial charge in [0.25, 0.3) is 0 Å². The van der Waals surface area contributed by atoms with Crippen molar-refractivity contribution < 1.29 is 22.6 Å². The molecule has 114 valence electrons. The number of unbranched alkanes of at least 4 members (excludes halogenated alkanes) is 1. The molecule has 1 aromatic carbocycles. The summed E-state index contributed by atoms with van der Waals surface area (Å²) in [7, 11) is 0. The van der Waals surface area contributed by atoms with Gasteiger partial charge in [-0.15, -0.1) is 0 Å². The highest BCUT2D eigenvalue weighted by Gasteiger charge is 2.38. The van der Waals surface area contributed by atoms with Gasteiger partial charge < -0.3 is 15.2 Å². The van der Waals surface area contributed by atoms with E-state index < -0.39 is 12.2 Å². The highest BCUT2D eigenvalue weighted by Crippen LogP contribution is 2.35. The third-order valence-corrected chi connectivity index (χ3v) is 2.73. The summed E-state index contributed by atoms with van der Waals surface area (Å²) in [5.74, 6) is 0.735. The Morgan fingerprint density at radius 3 is 2.40 bits per heavy atom. The van der Waals surface area contributed by atoms with Crippen LogP contribution in [0.1, 0.15) is 38.3 Å². The minimum Gasteiger partial charge on any atom is -0.490 e. The van der Waals surface area contributed by atoms with Crippen LogP contribution in [0.25, 0.3) is 0 Å². The Hall–Kier alpha value is -1.43. The predicted octanol–water partition coefficient (Wildman–Crippen LogP) is 3.83. The van der Waals surface area contributed by atoms with Gasteiger partial charge in [0.15, 0.2) is 11.5 Å². The first kappa shape index (κ1) is 16.6. The van der Waals surface area contributed by atoms with Gasteiger partial charge >= 0.3 is 6.18 Å². The number of rotatable bonds is 7. The molecule has 0 saturated heterocycles. The van der Waals surface area contributed by atoms with E-state index in [1.54, 1.807) is 6.92 Å². The van der Waals surface area contributed by atoms with Gasteiger partial charge in [0, 0.05) is 0 Å². The summed E-state index contributed by atoms with van der Waals surface area (Å²) in [6, 6.07) is 2.07. The Kier molecular flexibility index (Phi) is 6.13. The lowest BCUT2D eigenvalue weighted by Gasteiger charge is -2.18. The topological polar surface area (TPSA) is 44.5 Å². The van der Waals surface area contributed by atoms with Crippen molar-refractivity contribution >= 4 is 0 Å². The summed E-state index contributed by atoms with van der Waals surface area (Å²) in [5.41, 5.74) is 5.15. The average Bonchev–Trinajstić information content (AvgIpc) is 2.39. The number of halogens is 3. The smallest absolute Gasteiger partial charge is 0.407 e. The van der Waals surface area contributed by atoms with E-state index in [1.807, 2.05) is 6.92 Å². The summed E-state index contributed by atoms with van der Waals surface area (Å²) in [6.45, 7) is 4.63. The van der Waals surface area contributed by atoms with Gasteiger partial charge in [0.2, 0.25) is 0 Å². The van der Waals surface area contributed by atoms with Crippen LogP contribution in [-0.2, 0) is 0 Å². The molecule has 0 heterocycles. The van der Waals surface area contributed by atoms with Crippen molar-refractivity contribution in [2.24, 2.45) is 5.73 Å². The number of nitrogens with two attached hydrogens (primary N) is 1. The standard InChI is InChI=1S/C14H20F3NO2/c1-3-5-8-20-11-7-6-10(9-12(11)19-4-2)13(18)14(15,16)17/h6-7,9,13H,3-5,8,18H2,1-2H3/t13-/m0/s1. The summed E-state index contributed by atoms with van der Waals surface area (Å²) in [4.78, 5) is 0. The molecule has 0 unspecified atom stereocenters. The number of ether oxygens (including phenoxy) is 2. The monoisotopic (exact) mass is 291 g/mol. The Morgan fingerprint density at radius 1 is 1.15 bits per heavy atom. The summed E-state index contributed by atoms with van der Waals surface area (Å²) in [5, 5.41) is 0. The molecule has 3 nitrogen and oxygen atoms in total. The molecule has 0 aliphatic carbocycles. The molecule has 0 saturated carbocycles. The lowest BCUT2D eigenvalue weighted by atomic mass is 10.1. The summed E-state index contributed by atoms with van der Waals surface area (Å²) >= 11 is 0. The molecule has 6 heteroatoms. The van der Waals surface area contributed by atoms with Crippen LogP contribution in [0.15, 0.2) is 18.2 Å². The quantitative estimate of drug-likeness (QED) is 0.777. The van der Waals surface area contributed by atoms with Gasteiger partial charge in [-0.1, -0.05) is 19.4 Å². The molecule has 0 aromatic heterocycles. The van der Waals surface area contributed by atoms with Crippen molar-refractivity contribution in [3.63, 3.8) is 0 Å². The van der Waals surface area contributed by atoms with E-state index in [0.717, 1.165) is 12.8 Å². The Bertz CT molecular complexity index is 421. The van der Waals surface area contributed by atoms with Gasteiger partial charge in [-0.3, -0.25) is 0 Å². The normalized spacial score (nSPS) is 13.1. The van der Waals surface area contributed by atoms with Gasteiger partial charge in [0.05, 0.1) is 13.2 Å². The number of benzene rings is 1. The Balaban J connectivity index is 2.94. The van der Waals surface area contributed by atoms with Gasteiger partial charge in [0.1, 0.15) is 6.04 Å². The molecule has 2 N–H and O–H groups in total. The first-order chi connectivity index (χ1) is 9.40. The molecular formula is C14H20F3NO2. The second-order valence-corrected chi connectivity index (χ2v) is 4.36. The van der Waals surface area contributed by atoms with Crippen LogP contribution in [0.4, 0.5) is 13.2 Å². The molecule has 0 amide bonds. The second-order valence-electron chi connectivity index (χ2n) is 4.36. The van der Waals surface area contributed by atoms with Crippen LogP contribution < -0.4 is 15.2 Å². The number of alkyl halides is 3. The molecule has 0 spiro atoms. The van der Waals surface area contributed by atoms with E-state index >= 15 is 0 Å². The molecule has 0 aliphatic heterocycles. The molecule has 1 rings (SSSR count). The fourth-order valence-electron chi connectivity index (χ4n) is 1.62. The fourth-order valence-corrected chi connectivity index (χ4v) is 1.62. The maximum atomic E-state index is 12.6. The van der Waals surface area contributed by atoms with Crippen molar-refractivity contribution in [3.05, 3.63) is 23.8 Å². The average molecular weight is 291 g/mol. The Morgan fingerprint density at radius 2 is 1.85 bits per heavy atom. The first-order valence-corrected chi connectivity index (χ1v) is 6.62. The van der Waals surface area contributed by atoms with Crippen molar-refractivity contribution in [1.29, 1.82) is 0 Å². The van der Waals surface area contributed by atoms with Gasteiger partial charge in [-0.05, 0) is 31.0 Å². The van der Waals surface area contributed by atoms with E-state index in [0.29, 0.717) is 24.7 Å². The SMILES string of the molecule is CCCCOc1ccc([C@H](N)C(F)(F)F)cc1OCC. The zero-order valence-corrected chi connectivity index (χ0v) is 11.7. The molecular weight excluding hydrogens is 271 g/mol. The molecule has 1 aromatic rings. The van der Waals surface area contributed by atoms with Crippen LogP contribution in [0.3, 0.4) is 0 Å². The van der Waals surface area contributed by atoms with Crippen LogP contribution in [0.2, 0.25) is 0 Å². The minimum atomic E-state index is -4.48. The Labute approximate surface area is 116 Å². The minimum absolute atomic E-state index is 0.0382. The third-order valence-electron chi connectivity index (χ3n) is 2.73. The van der Waals surface area contributed by atoms with Gasteiger partial charge in [-0.2, -0.15) is 13.2 Å². The first-order valence-electron chi connectivity index (χ1n) is 6.62. The highest BCUT2D eigenvalue weighted by molar-refractivity contribution is 5.44. The summed E-state index contributed by atoms with van der Waals surface area (Å²) in [6.07, 6.45) is -2.63. The number of hydrogen-bond donors (Lipinski definition) is 1. The lowest BCUT2D eigenvalue weighted by Crippen LogP contribution is -2.28. The van der Waals surface area contributed by atoms with Crippen LogP contribution in [0.5, 0.6) is 11.5 Å². The van der Waals surface area contributed by atoms with Crippen molar-refractivity contribution in [2.45, 2.75) is 38.9 Å².